The van der Waals surface area contributed by atoms with Gasteiger partial charge in [-0.3, -0.25) is 0 Å². The number of carbonyl (C=O) groups excluding carboxylic acids is 1. The van der Waals surface area contributed by atoms with Crippen LogP contribution in [0.25, 0.3) is 0 Å². The van der Waals surface area contributed by atoms with Crippen molar-refractivity contribution in [2.24, 2.45) is 0 Å². The van der Waals surface area contributed by atoms with Crippen molar-refractivity contribution in [2.45, 2.75) is 17.5 Å². The number of nitrogens with zero attached hydrogens (tertiary/aromatic N) is 1. The molecule has 1 aromatic carbocycles. The summed E-state index contributed by atoms with van der Waals surface area (Å²) in [4.78, 5) is 12.0. The standard InChI is InChI=1S/C16H19NO7S2/c1-17(2)26(21,22)15-9-8-14(24-15)10-23-16(18)13-6-4-12(5-7-13)11-25(3,19)20/h4-9H,10-11H2,1-3H3. The minimum atomic E-state index is -3.69. The van der Waals surface area contributed by atoms with Crippen molar-refractivity contribution in [1.29, 1.82) is 0 Å². The molecule has 0 unspecified atom stereocenters. The number of furan rings is 1. The van der Waals surface area contributed by atoms with Gasteiger partial charge in [0.1, 0.15) is 12.4 Å². The van der Waals surface area contributed by atoms with Gasteiger partial charge in [0.25, 0.3) is 10.0 Å². The molecule has 1 heterocycles. The first-order chi connectivity index (χ1) is 12.0. The van der Waals surface area contributed by atoms with E-state index in [0.29, 0.717) is 5.56 Å². The zero-order valence-corrected chi connectivity index (χ0v) is 16.1. The van der Waals surface area contributed by atoms with Gasteiger partial charge in [-0.1, -0.05) is 12.1 Å². The van der Waals surface area contributed by atoms with Gasteiger partial charge < -0.3 is 9.15 Å². The first-order valence-corrected chi connectivity index (χ1v) is 10.9. The highest BCUT2D eigenvalue weighted by atomic mass is 32.2. The molecule has 0 bridgehead atoms. The molecule has 142 valence electrons. The second kappa shape index (κ2) is 7.60. The third kappa shape index (κ3) is 5.16. The van der Waals surface area contributed by atoms with E-state index < -0.39 is 25.8 Å². The van der Waals surface area contributed by atoms with Crippen LogP contribution in [0.3, 0.4) is 0 Å². The molecule has 1 aromatic heterocycles. The SMILES string of the molecule is CN(C)S(=O)(=O)c1ccc(COC(=O)c2ccc(CS(C)(=O)=O)cc2)o1. The molecule has 0 aliphatic heterocycles. The fourth-order valence-corrected chi connectivity index (χ4v) is 3.62. The summed E-state index contributed by atoms with van der Waals surface area (Å²) in [5.74, 6) is -0.561. The second-order valence-electron chi connectivity index (χ2n) is 5.85. The Morgan fingerprint density at radius 2 is 1.65 bits per heavy atom. The Balaban J connectivity index is 2.00. The lowest BCUT2D eigenvalue weighted by Crippen LogP contribution is -2.21. The first kappa shape index (κ1) is 20.1. The molecule has 0 N–H and O–H groups in total. The van der Waals surface area contributed by atoms with Gasteiger partial charge in [0, 0.05) is 20.4 Å². The zero-order chi connectivity index (χ0) is 19.5. The van der Waals surface area contributed by atoms with Crippen LogP contribution in [-0.4, -0.2) is 47.5 Å². The Labute approximate surface area is 152 Å². The number of rotatable bonds is 7. The Kier molecular flexibility index (Phi) is 5.89. The average Bonchev–Trinajstić information content (AvgIpc) is 3.01. The molecule has 26 heavy (non-hydrogen) atoms. The number of sulfonamides is 1. The maximum Gasteiger partial charge on any atom is 0.338 e. The molecule has 0 aliphatic rings. The van der Waals surface area contributed by atoms with Gasteiger partial charge in [0.05, 0.1) is 11.3 Å². The summed E-state index contributed by atoms with van der Waals surface area (Å²) < 4.78 is 57.6. The number of sulfone groups is 1. The van der Waals surface area contributed by atoms with Gasteiger partial charge in [-0.05, 0) is 29.8 Å². The monoisotopic (exact) mass is 401 g/mol. The van der Waals surface area contributed by atoms with Gasteiger partial charge in [0.2, 0.25) is 5.09 Å². The van der Waals surface area contributed by atoms with E-state index in [1.165, 1.54) is 50.5 Å². The summed E-state index contributed by atoms with van der Waals surface area (Å²) in [6.07, 6.45) is 1.13. The highest BCUT2D eigenvalue weighted by Gasteiger charge is 2.22. The predicted molar refractivity (Wildman–Crippen MR) is 93.7 cm³/mol. The van der Waals surface area contributed by atoms with Gasteiger partial charge in [0.15, 0.2) is 9.84 Å². The molecule has 10 heteroatoms. The summed E-state index contributed by atoms with van der Waals surface area (Å²) in [5.41, 5.74) is 0.809. The maximum absolute atomic E-state index is 12.0. The fourth-order valence-electron chi connectivity index (χ4n) is 2.01. The number of hydrogen-bond donors (Lipinski definition) is 0. The van der Waals surface area contributed by atoms with Gasteiger partial charge in [-0.2, -0.15) is 0 Å². The van der Waals surface area contributed by atoms with Gasteiger partial charge in [-0.25, -0.2) is 25.9 Å². The molecule has 8 nitrogen and oxygen atoms in total. The molecule has 0 aliphatic carbocycles. The summed E-state index contributed by atoms with van der Waals surface area (Å²) in [7, 11) is -4.08. The minimum Gasteiger partial charge on any atom is -0.454 e. The molecule has 2 rings (SSSR count). The number of ether oxygens (including phenoxy) is 1. The van der Waals surface area contributed by atoms with E-state index in [4.69, 9.17) is 9.15 Å². The predicted octanol–water partition coefficient (Wildman–Crippen LogP) is 1.43. The highest BCUT2D eigenvalue weighted by molar-refractivity contribution is 7.89. The average molecular weight is 401 g/mol. The molecule has 0 fully saturated rings. The fraction of sp³-hybridized carbons (Fsp3) is 0.312. The van der Waals surface area contributed by atoms with E-state index >= 15 is 0 Å². The Hall–Kier alpha value is -2.17. The first-order valence-electron chi connectivity index (χ1n) is 7.44. The third-order valence-corrected chi connectivity index (χ3v) is 5.88. The summed E-state index contributed by atoms with van der Waals surface area (Å²) >= 11 is 0. The number of esters is 1. The topological polar surface area (TPSA) is 111 Å². The second-order valence-corrected chi connectivity index (χ2v) is 10.1. The van der Waals surface area contributed by atoms with Crippen LogP contribution in [0.2, 0.25) is 0 Å². The van der Waals surface area contributed by atoms with E-state index in [0.717, 1.165) is 10.6 Å². The van der Waals surface area contributed by atoms with Crippen molar-refractivity contribution in [1.82, 2.24) is 4.31 Å². The largest absolute Gasteiger partial charge is 0.454 e. The van der Waals surface area contributed by atoms with E-state index in [1.807, 2.05) is 0 Å². The minimum absolute atomic E-state index is 0.113. The van der Waals surface area contributed by atoms with Crippen molar-refractivity contribution in [3.05, 3.63) is 53.3 Å². The van der Waals surface area contributed by atoms with Crippen molar-refractivity contribution in [3.8, 4) is 0 Å². The Bertz CT molecular complexity index is 987. The van der Waals surface area contributed by atoms with Crippen LogP contribution in [0.5, 0.6) is 0 Å². The number of hydrogen-bond acceptors (Lipinski definition) is 7. The molecule has 0 amide bonds. The lowest BCUT2D eigenvalue weighted by Gasteiger charge is -2.08. The molecule has 0 saturated carbocycles. The van der Waals surface area contributed by atoms with Crippen molar-refractivity contribution >= 4 is 25.8 Å². The third-order valence-electron chi connectivity index (χ3n) is 3.34. The molecule has 0 saturated heterocycles. The lowest BCUT2D eigenvalue weighted by atomic mass is 10.1. The number of carbonyl (C=O) groups is 1. The van der Waals surface area contributed by atoms with E-state index in [-0.39, 0.29) is 28.8 Å². The molecule has 0 atom stereocenters. The van der Waals surface area contributed by atoms with Gasteiger partial charge >= 0.3 is 5.97 Å². The Morgan fingerprint density at radius 1 is 1.04 bits per heavy atom. The Morgan fingerprint density at radius 3 is 2.19 bits per heavy atom. The molecule has 0 spiro atoms. The van der Waals surface area contributed by atoms with Crippen LogP contribution in [0.15, 0.2) is 45.9 Å². The van der Waals surface area contributed by atoms with Gasteiger partial charge in [-0.15, -0.1) is 0 Å². The lowest BCUT2D eigenvalue weighted by molar-refractivity contribution is 0.0440. The summed E-state index contributed by atoms with van der Waals surface area (Å²) in [6.45, 7) is -0.229. The van der Waals surface area contributed by atoms with Crippen molar-refractivity contribution in [3.63, 3.8) is 0 Å². The molecular weight excluding hydrogens is 382 g/mol. The summed E-state index contributed by atoms with van der Waals surface area (Å²) in [6, 6.07) is 8.70. The van der Waals surface area contributed by atoms with Crippen LogP contribution < -0.4 is 0 Å². The quantitative estimate of drug-likeness (QED) is 0.645. The van der Waals surface area contributed by atoms with Crippen LogP contribution in [0, 0.1) is 0 Å². The molecular formula is C16H19NO7S2. The number of benzene rings is 1. The van der Waals surface area contributed by atoms with Crippen molar-refractivity contribution < 1.29 is 30.8 Å². The van der Waals surface area contributed by atoms with E-state index in [1.54, 1.807) is 0 Å². The van der Waals surface area contributed by atoms with Crippen molar-refractivity contribution in [2.75, 3.05) is 20.4 Å². The van der Waals surface area contributed by atoms with Crippen LogP contribution in [0.4, 0.5) is 0 Å². The normalized spacial score (nSPS) is 12.3. The maximum atomic E-state index is 12.0. The molecule has 2 aromatic rings. The molecule has 0 radical (unpaired) electrons. The zero-order valence-electron chi connectivity index (χ0n) is 14.5. The van der Waals surface area contributed by atoms with E-state index in [2.05, 4.69) is 0 Å². The smallest absolute Gasteiger partial charge is 0.338 e. The van der Waals surface area contributed by atoms with Crippen LogP contribution in [-0.2, 0) is 37.0 Å². The van der Waals surface area contributed by atoms with E-state index in [9.17, 15) is 21.6 Å². The highest BCUT2D eigenvalue weighted by Crippen LogP contribution is 2.18. The van der Waals surface area contributed by atoms with Crippen LogP contribution >= 0.6 is 0 Å². The van der Waals surface area contributed by atoms with Crippen LogP contribution in [0.1, 0.15) is 21.7 Å². The summed E-state index contributed by atoms with van der Waals surface area (Å²) in [5, 5.41) is -0.237.